The molecule has 3 aromatic carbocycles. The minimum atomic E-state index is -0.566. The van der Waals surface area contributed by atoms with Gasteiger partial charge in [0, 0.05) is 15.6 Å². The highest BCUT2D eigenvalue weighted by Crippen LogP contribution is 2.39. The van der Waals surface area contributed by atoms with Crippen molar-refractivity contribution in [2.24, 2.45) is 0 Å². The van der Waals surface area contributed by atoms with Gasteiger partial charge in [-0.25, -0.2) is 0 Å². The number of nitrogens with zero attached hydrogens (tertiary/aromatic N) is 2. The van der Waals surface area contributed by atoms with E-state index in [0.29, 0.717) is 28.0 Å². The molecule has 37 heavy (non-hydrogen) atoms. The third kappa shape index (κ3) is 6.05. The summed E-state index contributed by atoms with van der Waals surface area (Å²) in [7, 11) is 1.45. The average molecular weight is 598 g/mol. The summed E-state index contributed by atoms with van der Waals surface area (Å²) in [5, 5.41) is 8.97. The summed E-state index contributed by atoms with van der Waals surface area (Å²) in [6, 6.07) is 19.1. The van der Waals surface area contributed by atoms with Crippen LogP contribution in [0.3, 0.4) is 0 Å². The van der Waals surface area contributed by atoms with Gasteiger partial charge < -0.3 is 9.47 Å². The number of rotatable bonds is 8. The van der Waals surface area contributed by atoms with Gasteiger partial charge in [-0.15, -0.1) is 0 Å². The molecule has 0 aliphatic carbocycles. The van der Waals surface area contributed by atoms with Crippen molar-refractivity contribution in [3.63, 3.8) is 0 Å². The largest absolute Gasteiger partial charge is 0.493 e. The second-order valence-electron chi connectivity index (χ2n) is 7.79. The van der Waals surface area contributed by atoms with Crippen LogP contribution in [0.2, 0.25) is 5.02 Å². The first-order chi connectivity index (χ1) is 17.8. The quantitative estimate of drug-likeness (QED) is 0.217. The van der Waals surface area contributed by atoms with Crippen LogP contribution in [0.4, 0.5) is 4.79 Å². The maximum absolute atomic E-state index is 12.9. The fourth-order valence-corrected chi connectivity index (χ4v) is 4.90. The van der Waals surface area contributed by atoms with E-state index < -0.39 is 11.1 Å². The van der Waals surface area contributed by atoms with Gasteiger partial charge in [-0.1, -0.05) is 57.9 Å². The lowest BCUT2D eigenvalue weighted by atomic mass is 10.1. The molecular formula is C27H18BrClN2O5S. The molecule has 0 bridgehead atoms. The predicted molar refractivity (Wildman–Crippen MR) is 145 cm³/mol. The number of hydrogen-bond donors (Lipinski definition) is 0. The molecule has 2 amide bonds. The van der Waals surface area contributed by atoms with Crippen molar-refractivity contribution < 1.29 is 23.9 Å². The van der Waals surface area contributed by atoms with Crippen LogP contribution in [0.5, 0.6) is 11.5 Å². The van der Waals surface area contributed by atoms with Gasteiger partial charge in [0.15, 0.2) is 17.3 Å². The Morgan fingerprint density at radius 2 is 1.89 bits per heavy atom. The van der Waals surface area contributed by atoms with Gasteiger partial charge in [0.1, 0.15) is 6.61 Å². The number of hydrogen-bond acceptors (Lipinski definition) is 7. The first kappa shape index (κ1) is 26.5. The summed E-state index contributed by atoms with van der Waals surface area (Å²) >= 11 is 10.5. The van der Waals surface area contributed by atoms with E-state index in [1.54, 1.807) is 60.7 Å². The van der Waals surface area contributed by atoms with Gasteiger partial charge in [-0.3, -0.25) is 19.3 Å². The van der Waals surface area contributed by atoms with E-state index >= 15 is 0 Å². The summed E-state index contributed by atoms with van der Waals surface area (Å²) in [6.45, 7) is -0.255. The molecule has 10 heteroatoms. The summed E-state index contributed by atoms with van der Waals surface area (Å²) in [6.07, 6.45) is 1.51. The predicted octanol–water partition coefficient (Wildman–Crippen LogP) is 6.48. The van der Waals surface area contributed by atoms with Gasteiger partial charge in [0.2, 0.25) is 0 Å². The third-order valence-corrected chi connectivity index (χ3v) is 7.12. The van der Waals surface area contributed by atoms with Crippen LogP contribution in [0.25, 0.3) is 6.08 Å². The number of carbonyl (C=O) groups excluding carboxylic acids is 3. The summed E-state index contributed by atoms with van der Waals surface area (Å²) in [5.74, 6) is -0.315. The van der Waals surface area contributed by atoms with Crippen LogP contribution in [0, 0.1) is 11.3 Å². The third-order valence-electron chi connectivity index (χ3n) is 5.40. The monoisotopic (exact) mass is 596 g/mol. The number of nitriles is 1. The molecule has 0 aromatic heterocycles. The lowest BCUT2D eigenvalue weighted by molar-refractivity contribution is -0.122. The van der Waals surface area contributed by atoms with Crippen LogP contribution >= 0.6 is 39.3 Å². The number of thioether (sulfide) groups is 1. The Kier molecular flexibility index (Phi) is 8.34. The van der Waals surface area contributed by atoms with Gasteiger partial charge in [-0.05, 0) is 53.7 Å². The molecule has 0 atom stereocenters. The lowest BCUT2D eigenvalue weighted by Crippen LogP contribution is -2.33. The molecule has 0 radical (unpaired) electrons. The van der Waals surface area contributed by atoms with Gasteiger partial charge in [0.25, 0.3) is 11.1 Å². The SMILES string of the molecule is COc1cc(/C=C2\SC(=O)N(CC(=O)c3ccc(Br)cc3)C2=O)cc(Cl)c1OCc1ccccc1C#N. The highest BCUT2D eigenvalue weighted by molar-refractivity contribution is 9.10. The Hall–Kier alpha value is -3.58. The molecule has 1 aliphatic rings. The zero-order valence-electron chi connectivity index (χ0n) is 19.4. The van der Waals surface area contributed by atoms with E-state index in [2.05, 4.69) is 22.0 Å². The Balaban J connectivity index is 1.52. The number of ketones is 1. The second-order valence-corrected chi connectivity index (χ2v) is 10.1. The molecular weight excluding hydrogens is 580 g/mol. The molecule has 1 heterocycles. The van der Waals surface area contributed by atoms with Crippen molar-refractivity contribution in [1.82, 2.24) is 4.90 Å². The molecule has 7 nitrogen and oxygen atoms in total. The first-order valence-electron chi connectivity index (χ1n) is 10.8. The fourth-order valence-electron chi connectivity index (χ4n) is 3.53. The van der Waals surface area contributed by atoms with Crippen molar-refractivity contribution in [1.29, 1.82) is 5.26 Å². The smallest absolute Gasteiger partial charge is 0.293 e. The fraction of sp³-hybridized carbons (Fsp3) is 0.111. The van der Waals surface area contributed by atoms with Crippen molar-refractivity contribution in [3.05, 3.63) is 97.3 Å². The van der Waals surface area contributed by atoms with Gasteiger partial charge in [0.05, 0.1) is 35.2 Å². The Bertz CT molecular complexity index is 1470. The molecule has 1 fully saturated rings. The zero-order chi connectivity index (χ0) is 26.5. The average Bonchev–Trinajstić information content (AvgIpc) is 3.15. The summed E-state index contributed by atoms with van der Waals surface area (Å²) in [4.78, 5) is 39.1. The highest BCUT2D eigenvalue weighted by atomic mass is 79.9. The number of imide groups is 1. The van der Waals surface area contributed by atoms with E-state index in [-0.39, 0.29) is 34.6 Å². The van der Waals surface area contributed by atoms with Crippen LogP contribution < -0.4 is 9.47 Å². The number of amides is 2. The molecule has 186 valence electrons. The van der Waals surface area contributed by atoms with E-state index in [1.165, 1.54) is 13.2 Å². The standard InChI is InChI=1S/C27H18BrClN2O5S/c1-35-23-11-16(10-21(29)25(23)36-15-19-5-3-2-4-18(19)13-30)12-24-26(33)31(27(34)37-24)14-22(32)17-6-8-20(28)9-7-17/h2-12H,14-15H2,1H3/b24-12-. The second kappa shape index (κ2) is 11.6. The molecule has 0 saturated carbocycles. The molecule has 1 aliphatic heterocycles. The summed E-state index contributed by atoms with van der Waals surface area (Å²) in [5.41, 5.74) is 2.09. The van der Waals surface area contributed by atoms with E-state index in [9.17, 15) is 19.6 Å². The Morgan fingerprint density at radius 3 is 2.59 bits per heavy atom. The molecule has 1 saturated heterocycles. The Morgan fingerprint density at radius 1 is 1.16 bits per heavy atom. The van der Waals surface area contributed by atoms with Crippen LogP contribution in [-0.2, 0) is 11.4 Å². The Labute approximate surface area is 230 Å². The highest BCUT2D eigenvalue weighted by Gasteiger charge is 2.36. The number of Topliss-reactive ketones (excluding diaryl/α,β-unsaturated/α-hetero) is 1. The van der Waals surface area contributed by atoms with E-state index in [4.69, 9.17) is 21.1 Å². The number of methoxy groups -OCH3 is 1. The minimum Gasteiger partial charge on any atom is -0.493 e. The number of benzene rings is 3. The zero-order valence-corrected chi connectivity index (χ0v) is 22.5. The van der Waals surface area contributed by atoms with Crippen molar-refractivity contribution >= 4 is 62.3 Å². The normalized spacial score (nSPS) is 14.1. The van der Waals surface area contributed by atoms with Crippen molar-refractivity contribution in [2.75, 3.05) is 13.7 Å². The van der Waals surface area contributed by atoms with Gasteiger partial charge in [-0.2, -0.15) is 5.26 Å². The van der Waals surface area contributed by atoms with E-state index in [0.717, 1.165) is 21.1 Å². The topological polar surface area (TPSA) is 96.7 Å². The molecule has 3 aromatic rings. The number of ether oxygens (including phenoxy) is 2. The minimum absolute atomic E-state index is 0.102. The number of halogens is 2. The summed E-state index contributed by atoms with van der Waals surface area (Å²) < 4.78 is 12.1. The number of carbonyl (C=O) groups is 3. The van der Waals surface area contributed by atoms with Crippen molar-refractivity contribution in [2.45, 2.75) is 6.61 Å². The molecule has 0 spiro atoms. The molecule has 4 rings (SSSR count). The van der Waals surface area contributed by atoms with Gasteiger partial charge >= 0.3 is 0 Å². The van der Waals surface area contributed by atoms with Crippen LogP contribution in [-0.4, -0.2) is 35.5 Å². The molecule has 0 N–H and O–H groups in total. The van der Waals surface area contributed by atoms with Crippen LogP contribution in [0.1, 0.15) is 27.0 Å². The first-order valence-corrected chi connectivity index (χ1v) is 12.8. The van der Waals surface area contributed by atoms with Crippen molar-refractivity contribution in [3.8, 4) is 17.6 Å². The maximum atomic E-state index is 12.9. The van der Waals surface area contributed by atoms with E-state index in [1.807, 2.05) is 0 Å². The molecule has 0 unspecified atom stereocenters. The maximum Gasteiger partial charge on any atom is 0.293 e. The van der Waals surface area contributed by atoms with Crippen LogP contribution in [0.15, 0.2) is 70.0 Å². The lowest BCUT2D eigenvalue weighted by Gasteiger charge is -2.14.